The summed E-state index contributed by atoms with van der Waals surface area (Å²) in [6.45, 7) is 0.327. The Hall–Kier alpha value is -2.13. The number of carbonyl (C=O) groups excluding carboxylic acids is 1. The highest BCUT2D eigenvalue weighted by molar-refractivity contribution is 7.90. The van der Waals surface area contributed by atoms with Crippen molar-refractivity contribution < 1.29 is 27.9 Å². The molecule has 0 aromatic heterocycles. The van der Waals surface area contributed by atoms with Crippen LogP contribution in [-0.4, -0.2) is 56.7 Å². The molecule has 1 aromatic rings. The van der Waals surface area contributed by atoms with Gasteiger partial charge in [-0.15, -0.1) is 0 Å². The van der Waals surface area contributed by atoms with Crippen molar-refractivity contribution in [3.8, 4) is 5.75 Å². The Balaban J connectivity index is 2.08. The topological polar surface area (TPSA) is 108 Å². The van der Waals surface area contributed by atoms with Gasteiger partial charge in [-0.3, -0.25) is 15.3 Å². The number of ether oxygens (including phenoxy) is 1. The molecule has 0 spiro atoms. The molecule has 0 saturated carbocycles. The largest absolute Gasteiger partial charge is 0.497 e. The minimum atomic E-state index is -3.94. The van der Waals surface area contributed by atoms with Crippen molar-refractivity contribution in [3.63, 3.8) is 0 Å². The van der Waals surface area contributed by atoms with Crippen LogP contribution in [0.15, 0.2) is 29.2 Å². The summed E-state index contributed by atoms with van der Waals surface area (Å²) in [5.41, 5.74) is 0.613. The van der Waals surface area contributed by atoms with Gasteiger partial charge in [0.05, 0.1) is 31.0 Å². The monoisotopic (exact) mass is 328 g/mol. The number of rotatable bonds is 4. The van der Waals surface area contributed by atoms with Gasteiger partial charge >= 0.3 is 0 Å². The number of hydroxylamine groups is 1. The van der Waals surface area contributed by atoms with Gasteiger partial charge in [-0.1, -0.05) is 0 Å². The zero-order valence-electron chi connectivity index (χ0n) is 12.2. The molecule has 3 N–H and O–H groups in total. The molecule has 1 amide bonds. The second-order valence-electron chi connectivity index (χ2n) is 4.87. The van der Waals surface area contributed by atoms with Gasteiger partial charge < -0.3 is 4.74 Å². The number of benzene rings is 1. The zero-order valence-corrected chi connectivity index (χ0v) is 13.1. The first kappa shape index (κ1) is 16.2. The van der Waals surface area contributed by atoms with Crippen LogP contribution in [-0.2, 0) is 14.8 Å². The first-order chi connectivity index (χ1) is 10.3. The molecule has 0 aliphatic carbocycles. The maximum Gasteiger partial charge on any atom is 0.264 e. The van der Waals surface area contributed by atoms with Crippen molar-refractivity contribution in [2.24, 2.45) is 0 Å². The van der Waals surface area contributed by atoms with E-state index in [1.807, 2.05) is 4.72 Å². The number of methoxy groups -OCH3 is 1. The van der Waals surface area contributed by atoms with Gasteiger partial charge in [0.2, 0.25) is 5.71 Å². The summed E-state index contributed by atoms with van der Waals surface area (Å²) in [7, 11) is -1.01. The number of amides is 1. The van der Waals surface area contributed by atoms with Gasteiger partial charge in [0.1, 0.15) is 5.75 Å². The van der Waals surface area contributed by atoms with E-state index in [4.69, 9.17) is 4.74 Å². The first-order valence-corrected chi connectivity index (χ1v) is 8.03. The molecule has 22 heavy (non-hydrogen) atoms. The smallest absolute Gasteiger partial charge is 0.264 e. The highest BCUT2D eigenvalue weighted by Gasteiger charge is 2.33. The average Bonchev–Trinajstić information content (AvgIpc) is 2.97. The molecule has 8 nitrogen and oxygen atoms in total. The molecule has 1 aromatic carbocycles. The molecule has 1 heterocycles. The molecule has 0 radical (unpaired) electrons. The Bertz CT molecular complexity index is 693. The Kier molecular flexibility index (Phi) is 4.67. The van der Waals surface area contributed by atoms with E-state index in [1.54, 1.807) is 0 Å². The van der Waals surface area contributed by atoms with E-state index in [0.29, 0.717) is 18.0 Å². The standard InChI is InChI=1S/C13H17N3O5S/c1-16(18)9-7-12(14-8-9)13(17)15-22(19,20)11-5-3-10(21-2)4-6-11/h3-6,12,14H,7-8H2,1-2H3,(H-,15,17,18)/p+1/t12-/m1/s1. The Labute approximate surface area is 128 Å². The number of hydrogen-bond acceptors (Lipinski definition) is 6. The summed E-state index contributed by atoms with van der Waals surface area (Å²) < 4.78 is 32.2. The van der Waals surface area contributed by atoms with E-state index in [-0.39, 0.29) is 11.3 Å². The summed E-state index contributed by atoms with van der Waals surface area (Å²) in [5, 5.41) is 12.2. The van der Waals surface area contributed by atoms with E-state index >= 15 is 0 Å². The van der Waals surface area contributed by atoms with Crippen molar-refractivity contribution >= 4 is 21.6 Å². The molecule has 1 aliphatic heterocycles. The molecule has 120 valence electrons. The SMILES string of the molecule is COc1ccc(S(=O)(=O)NC(=O)[C@H]2CC(=[N+](C)O)CN2)cc1. The predicted molar refractivity (Wildman–Crippen MR) is 77.7 cm³/mol. The molecular weight excluding hydrogens is 310 g/mol. The molecule has 0 bridgehead atoms. The van der Waals surface area contributed by atoms with E-state index in [9.17, 15) is 18.4 Å². The van der Waals surface area contributed by atoms with Crippen molar-refractivity contribution in [3.05, 3.63) is 24.3 Å². The normalized spacial score (nSPS) is 20.5. The summed E-state index contributed by atoms with van der Waals surface area (Å²) in [6, 6.07) is 5.02. The van der Waals surface area contributed by atoms with E-state index < -0.39 is 22.0 Å². The van der Waals surface area contributed by atoms with Gasteiger partial charge in [0.15, 0.2) is 7.05 Å². The number of nitrogens with one attached hydrogen (secondary N) is 2. The van der Waals surface area contributed by atoms with Crippen molar-refractivity contribution in [2.75, 3.05) is 20.7 Å². The average molecular weight is 328 g/mol. The third kappa shape index (κ3) is 3.55. The third-order valence-electron chi connectivity index (χ3n) is 3.37. The molecule has 9 heteroatoms. The summed E-state index contributed by atoms with van der Waals surface area (Å²) in [4.78, 5) is 12.0. The fourth-order valence-electron chi connectivity index (χ4n) is 2.07. The van der Waals surface area contributed by atoms with Crippen LogP contribution in [0.2, 0.25) is 0 Å². The lowest BCUT2D eigenvalue weighted by molar-refractivity contribution is -0.755. The van der Waals surface area contributed by atoms with Crippen LogP contribution in [0.1, 0.15) is 6.42 Å². The zero-order chi connectivity index (χ0) is 16.3. The van der Waals surface area contributed by atoms with E-state index in [2.05, 4.69) is 5.32 Å². The molecule has 0 unspecified atom stereocenters. The highest BCUT2D eigenvalue weighted by atomic mass is 32.2. The Morgan fingerprint density at radius 3 is 2.55 bits per heavy atom. The molecule has 1 atom stereocenters. The van der Waals surface area contributed by atoms with Crippen LogP contribution in [0, 0.1) is 0 Å². The number of carbonyl (C=O) groups is 1. The minimum Gasteiger partial charge on any atom is -0.497 e. The molecule has 1 saturated heterocycles. The van der Waals surface area contributed by atoms with E-state index in [1.165, 1.54) is 38.4 Å². The highest BCUT2D eigenvalue weighted by Crippen LogP contribution is 2.15. The fourth-order valence-corrected chi connectivity index (χ4v) is 3.09. The molecule has 1 aliphatic rings. The lowest BCUT2D eigenvalue weighted by Crippen LogP contribution is -2.43. The summed E-state index contributed by atoms with van der Waals surface area (Å²) in [5.74, 6) is -0.138. The van der Waals surface area contributed by atoms with Gasteiger partial charge in [-0.05, 0) is 29.0 Å². The Morgan fingerprint density at radius 1 is 1.41 bits per heavy atom. The van der Waals surface area contributed by atoms with Crippen LogP contribution >= 0.6 is 0 Å². The maximum atomic E-state index is 12.1. The molecule has 2 rings (SSSR count). The van der Waals surface area contributed by atoms with E-state index in [0.717, 1.165) is 4.74 Å². The maximum absolute atomic E-state index is 12.1. The quantitative estimate of drug-likeness (QED) is 0.384. The number of hydrogen-bond donors (Lipinski definition) is 3. The first-order valence-electron chi connectivity index (χ1n) is 6.55. The van der Waals surface area contributed by atoms with Crippen molar-refractivity contribution in [2.45, 2.75) is 17.4 Å². The van der Waals surface area contributed by atoms with Gasteiger partial charge in [0.25, 0.3) is 15.9 Å². The second kappa shape index (κ2) is 6.32. The lowest BCUT2D eigenvalue weighted by atomic mass is 10.2. The van der Waals surface area contributed by atoms with Crippen molar-refractivity contribution in [1.29, 1.82) is 0 Å². The summed E-state index contributed by atoms with van der Waals surface area (Å²) >= 11 is 0. The van der Waals surface area contributed by atoms with Crippen LogP contribution in [0.3, 0.4) is 0 Å². The fraction of sp³-hybridized carbons (Fsp3) is 0.385. The van der Waals surface area contributed by atoms with Crippen LogP contribution in [0.4, 0.5) is 0 Å². The third-order valence-corrected chi connectivity index (χ3v) is 4.73. The van der Waals surface area contributed by atoms with Gasteiger partial charge in [-0.25, -0.2) is 13.1 Å². The number of nitrogens with zero attached hydrogens (tertiary/aromatic N) is 1. The number of sulfonamides is 1. The second-order valence-corrected chi connectivity index (χ2v) is 6.56. The summed E-state index contributed by atoms with van der Waals surface area (Å²) in [6.07, 6.45) is 0.247. The van der Waals surface area contributed by atoms with Crippen LogP contribution in [0.5, 0.6) is 5.75 Å². The van der Waals surface area contributed by atoms with Gasteiger partial charge in [0, 0.05) is 0 Å². The lowest BCUT2D eigenvalue weighted by Gasteiger charge is -2.11. The van der Waals surface area contributed by atoms with Crippen LogP contribution < -0.4 is 14.8 Å². The van der Waals surface area contributed by atoms with Crippen LogP contribution in [0.25, 0.3) is 0 Å². The molecular formula is C13H18N3O5S+. The Morgan fingerprint density at radius 2 is 2.05 bits per heavy atom. The van der Waals surface area contributed by atoms with Crippen molar-refractivity contribution in [1.82, 2.24) is 10.0 Å². The van der Waals surface area contributed by atoms with Gasteiger partial charge in [-0.2, -0.15) is 0 Å². The minimum absolute atomic E-state index is 0.0249. The predicted octanol–water partition coefficient (Wildman–Crippen LogP) is -0.665. The molecule has 1 fully saturated rings.